The van der Waals surface area contributed by atoms with E-state index >= 15 is 0 Å². The van der Waals surface area contributed by atoms with Crippen LogP contribution in [0.3, 0.4) is 0 Å². The number of nitrogens with one attached hydrogen (secondary N) is 1. The molecule has 0 bridgehead atoms. The van der Waals surface area contributed by atoms with E-state index in [2.05, 4.69) is 44.6 Å². The zero-order valence-electron chi connectivity index (χ0n) is 15.0. The molecule has 0 radical (unpaired) electrons. The molecule has 0 atom stereocenters. The summed E-state index contributed by atoms with van der Waals surface area (Å²) in [6.07, 6.45) is 9.35. The van der Waals surface area contributed by atoms with Gasteiger partial charge in [0.2, 0.25) is 0 Å². The van der Waals surface area contributed by atoms with Crippen LogP contribution in [-0.4, -0.2) is 40.8 Å². The SMILES string of the molecule is CN=C(NCc1cccc(Cn2cccn2)c1)N1CCC2(CCC2)C1. The molecule has 2 aromatic rings. The number of benzene rings is 1. The van der Waals surface area contributed by atoms with E-state index in [0.717, 1.165) is 25.6 Å². The zero-order chi connectivity index (χ0) is 17.1. The minimum absolute atomic E-state index is 0.599. The average molecular weight is 337 g/mol. The standard InChI is InChI=1S/C20H27N5/c1-21-19(24-12-9-20(16-24)7-3-8-20)22-14-17-5-2-6-18(13-17)15-25-11-4-10-23-25/h2,4-6,10-11,13H,3,7-9,12,14-16H2,1H3,(H,21,22). The second kappa shape index (κ2) is 6.90. The van der Waals surface area contributed by atoms with Crippen molar-refractivity contribution in [3.05, 3.63) is 53.9 Å². The van der Waals surface area contributed by atoms with Crippen molar-refractivity contribution in [2.75, 3.05) is 20.1 Å². The Kier molecular flexibility index (Phi) is 4.47. The topological polar surface area (TPSA) is 45.5 Å². The molecule has 25 heavy (non-hydrogen) atoms. The number of guanidine groups is 1. The molecule has 2 heterocycles. The summed E-state index contributed by atoms with van der Waals surface area (Å²) in [6, 6.07) is 10.7. The molecule has 1 saturated heterocycles. The fourth-order valence-electron chi connectivity index (χ4n) is 4.13. The van der Waals surface area contributed by atoms with Gasteiger partial charge in [0.25, 0.3) is 0 Å². The Morgan fingerprint density at radius 2 is 2.12 bits per heavy atom. The molecule has 0 amide bonds. The van der Waals surface area contributed by atoms with E-state index in [-0.39, 0.29) is 0 Å². The number of rotatable bonds is 4. The highest BCUT2D eigenvalue weighted by atomic mass is 15.3. The van der Waals surface area contributed by atoms with E-state index in [1.165, 1.54) is 43.4 Å². The third-order valence-corrected chi connectivity index (χ3v) is 5.71. The Labute approximate surface area is 149 Å². The summed E-state index contributed by atoms with van der Waals surface area (Å²) in [4.78, 5) is 6.95. The lowest BCUT2D eigenvalue weighted by Crippen LogP contribution is -2.42. The average Bonchev–Trinajstić information content (AvgIpc) is 3.25. The Morgan fingerprint density at radius 3 is 2.80 bits per heavy atom. The number of nitrogens with zero attached hydrogens (tertiary/aromatic N) is 4. The summed E-state index contributed by atoms with van der Waals surface area (Å²) < 4.78 is 1.95. The lowest BCUT2D eigenvalue weighted by atomic mass is 9.68. The van der Waals surface area contributed by atoms with Crippen molar-refractivity contribution >= 4 is 5.96 Å². The normalized spacial score (nSPS) is 19.2. The van der Waals surface area contributed by atoms with E-state index in [4.69, 9.17) is 0 Å². The number of hydrogen-bond donors (Lipinski definition) is 1. The Hall–Kier alpha value is -2.30. The molecule has 132 valence electrons. The molecule has 0 unspecified atom stereocenters. The van der Waals surface area contributed by atoms with Gasteiger partial charge in [0, 0.05) is 39.1 Å². The molecule has 2 fully saturated rings. The second-order valence-electron chi connectivity index (χ2n) is 7.45. The van der Waals surface area contributed by atoms with Crippen LogP contribution in [-0.2, 0) is 13.1 Å². The third kappa shape index (κ3) is 3.55. The van der Waals surface area contributed by atoms with E-state index in [1.807, 2.05) is 30.2 Å². The first-order chi connectivity index (χ1) is 12.3. The Balaban J connectivity index is 1.35. The van der Waals surface area contributed by atoms with Gasteiger partial charge < -0.3 is 10.2 Å². The molecule has 1 aromatic heterocycles. The van der Waals surface area contributed by atoms with Gasteiger partial charge in [-0.05, 0) is 41.9 Å². The van der Waals surface area contributed by atoms with Crippen molar-refractivity contribution in [3.8, 4) is 0 Å². The first kappa shape index (κ1) is 16.2. The van der Waals surface area contributed by atoms with Crippen LogP contribution in [0.4, 0.5) is 0 Å². The Bertz CT molecular complexity index is 730. The van der Waals surface area contributed by atoms with Crippen LogP contribution in [0.2, 0.25) is 0 Å². The number of aliphatic imine (C=N–C) groups is 1. The fraction of sp³-hybridized carbons (Fsp3) is 0.500. The largest absolute Gasteiger partial charge is 0.352 e. The van der Waals surface area contributed by atoms with Crippen LogP contribution in [0.15, 0.2) is 47.7 Å². The van der Waals surface area contributed by atoms with E-state index in [0.29, 0.717) is 5.41 Å². The van der Waals surface area contributed by atoms with Crippen LogP contribution >= 0.6 is 0 Å². The molecular formula is C20H27N5. The van der Waals surface area contributed by atoms with Gasteiger partial charge in [-0.2, -0.15) is 5.10 Å². The van der Waals surface area contributed by atoms with Crippen LogP contribution in [0, 0.1) is 5.41 Å². The van der Waals surface area contributed by atoms with Gasteiger partial charge in [0.05, 0.1) is 6.54 Å². The molecule has 2 aliphatic rings. The minimum atomic E-state index is 0.599. The molecule has 1 N–H and O–H groups in total. The van der Waals surface area contributed by atoms with Gasteiger partial charge in [-0.1, -0.05) is 30.7 Å². The van der Waals surface area contributed by atoms with Crippen molar-refractivity contribution in [1.29, 1.82) is 0 Å². The van der Waals surface area contributed by atoms with Crippen LogP contribution in [0.5, 0.6) is 0 Å². The summed E-state index contributed by atoms with van der Waals surface area (Å²) in [7, 11) is 1.89. The lowest BCUT2D eigenvalue weighted by molar-refractivity contribution is 0.151. The maximum absolute atomic E-state index is 4.51. The maximum atomic E-state index is 4.51. The molecule has 4 rings (SSSR count). The van der Waals surface area contributed by atoms with Gasteiger partial charge >= 0.3 is 0 Å². The maximum Gasteiger partial charge on any atom is 0.193 e. The predicted octanol–water partition coefficient (Wildman–Crippen LogP) is 2.88. The molecule has 5 nitrogen and oxygen atoms in total. The van der Waals surface area contributed by atoms with Crippen LogP contribution < -0.4 is 5.32 Å². The molecule has 1 saturated carbocycles. The van der Waals surface area contributed by atoms with Gasteiger partial charge in [-0.3, -0.25) is 9.67 Å². The first-order valence-electron chi connectivity index (χ1n) is 9.27. The van der Waals surface area contributed by atoms with Gasteiger partial charge in [-0.25, -0.2) is 0 Å². The monoisotopic (exact) mass is 337 g/mol. The first-order valence-corrected chi connectivity index (χ1v) is 9.27. The van der Waals surface area contributed by atoms with Gasteiger partial charge in [-0.15, -0.1) is 0 Å². The van der Waals surface area contributed by atoms with E-state index < -0.39 is 0 Å². The summed E-state index contributed by atoms with van der Waals surface area (Å²) in [5.41, 5.74) is 3.15. The van der Waals surface area contributed by atoms with Crippen molar-refractivity contribution < 1.29 is 0 Å². The molecule has 1 aliphatic heterocycles. The van der Waals surface area contributed by atoms with Crippen LogP contribution in [0.25, 0.3) is 0 Å². The minimum Gasteiger partial charge on any atom is -0.352 e. The number of likely N-dealkylation sites (tertiary alicyclic amines) is 1. The van der Waals surface area contributed by atoms with E-state index in [1.54, 1.807) is 0 Å². The van der Waals surface area contributed by atoms with Gasteiger partial charge in [0.1, 0.15) is 0 Å². The summed E-state index contributed by atoms with van der Waals surface area (Å²) >= 11 is 0. The summed E-state index contributed by atoms with van der Waals surface area (Å²) in [5.74, 6) is 1.04. The predicted molar refractivity (Wildman–Crippen MR) is 100 cm³/mol. The van der Waals surface area contributed by atoms with Crippen molar-refractivity contribution in [3.63, 3.8) is 0 Å². The van der Waals surface area contributed by atoms with Crippen molar-refractivity contribution in [1.82, 2.24) is 20.0 Å². The summed E-state index contributed by atoms with van der Waals surface area (Å²) in [5, 5.41) is 7.84. The molecule has 5 heteroatoms. The second-order valence-corrected chi connectivity index (χ2v) is 7.45. The van der Waals surface area contributed by atoms with Gasteiger partial charge in [0.15, 0.2) is 5.96 Å². The number of hydrogen-bond acceptors (Lipinski definition) is 2. The third-order valence-electron chi connectivity index (χ3n) is 5.71. The zero-order valence-corrected chi connectivity index (χ0v) is 15.0. The number of aromatic nitrogens is 2. The quantitative estimate of drug-likeness (QED) is 0.689. The lowest BCUT2D eigenvalue weighted by Gasteiger charge is -2.38. The van der Waals surface area contributed by atoms with E-state index in [9.17, 15) is 0 Å². The Morgan fingerprint density at radius 1 is 1.24 bits per heavy atom. The molecule has 1 aliphatic carbocycles. The molecular weight excluding hydrogens is 310 g/mol. The smallest absolute Gasteiger partial charge is 0.193 e. The highest BCUT2D eigenvalue weighted by Gasteiger charge is 2.43. The molecule has 1 aromatic carbocycles. The summed E-state index contributed by atoms with van der Waals surface area (Å²) in [6.45, 7) is 3.93. The highest BCUT2D eigenvalue weighted by Crippen LogP contribution is 2.47. The fourth-order valence-corrected chi connectivity index (χ4v) is 4.13. The van der Waals surface area contributed by atoms with Crippen molar-refractivity contribution in [2.24, 2.45) is 10.4 Å². The van der Waals surface area contributed by atoms with Crippen LogP contribution in [0.1, 0.15) is 36.8 Å². The molecule has 1 spiro atoms. The van der Waals surface area contributed by atoms with Crippen molar-refractivity contribution in [2.45, 2.75) is 38.8 Å². The highest BCUT2D eigenvalue weighted by molar-refractivity contribution is 5.80.